The number of fused-ring (bicyclic) bond motifs is 1. The molecule has 0 aliphatic heterocycles. The van der Waals surface area contributed by atoms with E-state index in [0.29, 0.717) is 15.4 Å². The summed E-state index contributed by atoms with van der Waals surface area (Å²) >= 11 is 4.37. The number of ketones is 1. The highest BCUT2D eigenvalue weighted by molar-refractivity contribution is 7.99. The van der Waals surface area contributed by atoms with Crippen LogP contribution in [0.4, 0.5) is 0 Å². The van der Waals surface area contributed by atoms with Crippen molar-refractivity contribution in [3.8, 4) is 5.69 Å². The Labute approximate surface area is 168 Å². The zero-order valence-corrected chi connectivity index (χ0v) is 17.2. The topological polar surface area (TPSA) is 52.0 Å². The van der Waals surface area contributed by atoms with Gasteiger partial charge in [-0.05, 0) is 43.5 Å². The smallest absolute Gasteiger partial charge is 0.267 e. The molecule has 0 N–H and O–H groups in total. The van der Waals surface area contributed by atoms with Crippen molar-refractivity contribution in [3.63, 3.8) is 0 Å². The van der Waals surface area contributed by atoms with E-state index in [1.54, 1.807) is 22.0 Å². The summed E-state index contributed by atoms with van der Waals surface area (Å²) in [7, 11) is 0. The highest BCUT2D eigenvalue weighted by Crippen LogP contribution is 2.26. The minimum absolute atomic E-state index is 0.0574. The van der Waals surface area contributed by atoms with Crippen LogP contribution >= 0.6 is 34.4 Å². The van der Waals surface area contributed by atoms with Gasteiger partial charge in [0.1, 0.15) is 4.83 Å². The molecule has 0 aliphatic carbocycles. The molecule has 136 valence electrons. The molecular weight excluding hydrogens is 396 g/mol. The van der Waals surface area contributed by atoms with E-state index in [0.717, 1.165) is 21.0 Å². The third kappa shape index (κ3) is 3.50. The molecule has 0 aliphatic rings. The highest BCUT2D eigenvalue weighted by atomic mass is 32.2. The van der Waals surface area contributed by atoms with Crippen LogP contribution < -0.4 is 5.56 Å². The van der Waals surface area contributed by atoms with Crippen LogP contribution in [0.15, 0.2) is 57.8 Å². The van der Waals surface area contributed by atoms with E-state index in [1.807, 2.05) is 55.6 Å². The minimum Gasteiger partial charge on any atom is -0.293 e. The normalized spacial score (nSPS) is 11.2. The Hall–Kier alpha value is -2.22. The molecule has 0 spiro atoms. The Morgan fingerprint density at radius 2 is 1.96 bits per heavy atom. The molecule has 0 saturated heterocycles. The summed E-state index contributed by atoms with van der Waals surface area (Å²) in [5.74, 6) is 0.301. The van der Waals surface area contributed by atoms with E-state index in [9.17, 15) is 9.59 Å². The lowest BCUT2D eigenvalue weighted by molar-refractivity contribution is 0.102. The summed E-state index contributed by atoms with van der Waals surface area (Å²) in [6.45, 7) is 3.96. The molecular formula is C20H16N2O2S3. The number of para-hydroxylation sites is 1. The fourth-order valence-electron chi connectivity index (χ4n) is 2.91. The SMILES string of the molecule is Cc1cc(C(=O)CSc2nc3sccc3c(=O)n2-c2ccccc2)c(C)s1. The van der Waals surface area contributed by atoms with Gasteiger partial charge in [0.15, 0.2) is 10.9 Å². The Kier molecular flexibility index (Phi) is 4.99. The number of aryl methyl sites for hydroxylation is 2. The van der Waals surface area contributed by atoms with Gasteiger partial charge in [0, 0.05) is 15.3 Å². The molecule has 0 saturated carbocycles. The highest BCUT2D eigenvalue weighted by Gasteiger charge is 2.17. The first-order chi connectivity index (χ1) is 13.0. The number of carbonyl (C=O) groups excluding carboxylic acids is 1. The zero-order chi connectivity index (χ0) is 19.0. The van der Waals surface area contributed by atoms with Gasteiger partial charge in [0.25, 0.3) is 5.56 Å². The lowest BCUT2D eigenvalue weighted by atomic mass is 10.2. The summed E-state index contributed by atoms with van der Waals surface area (Å²) in [5.41, 5.74) is 1.40. The van der Waals surface area contributed by atoms with Crippen molar-refractivity contribution in [1.82, 2.24) is 9.55 Å². The maximum Gasteiger partial charge on any atom is 0.267 e. The molecule has 4 aromatic rings. The molecule has 0 radical (unpaired) electrons. The van der Waals surface area contributed by atoms with Crippen molar-refractivity contribution in [2.24, 2.45) is 0 Å². The molecule has 3 aromatic heterocycles. The number of thioether (sulfide) groups is 1. The van der Waals surface area contributed by atoms with E-state index in [2.05, 4.69) is 4.98 Å². The molecule has 1 aromatic carbocycles. The van der Waals surface area contributed by atoms with Crippen molar-refractivity contribution in [3.05, 3.63) is 73.5 Å². The van der Waals surface area contributed by atoms with Gasteiger partial charge >= 0.3 is 0 Å². The predicted molar refractivity (Wildman–Crippen MR) is 114 cm³/mol. The van der Waals surface area contributed by atoms with E-state index in [4.69, 9.17) is 0 Å². The summed E-state index contributed by atoms with van der Waals surface area (Å²) in [6, 6.07) is 13.2. The predicted octanol–water partition coefficient (Wildman–Crippen LogP) is 5.10. The van der Waals surface area contributed by atoms with Crippen molar-refractivity contribution in [2.75, 3.05) is 5.75 Å². The van der Waals surface area contributed by atoms with Crippen molar-refractivity contribution < 1.29 is 4.79 Å². The number of aromatic nitrogens is 2. The van der Waals surface area contributed by atoms with Gasteiger partial charge in [-0.2, -0.15) is 0 Å². The van der Waals surface area contributed by atoms with Crippen LogP contribution in [0.2, 0.25) is 0 Å². The molecule has 0 fully saturated rings. The Bertz CT molecular complexity index is 1190. The number of hydrogen-bond acceptors (Lipinski definition) is 6. The maximum atomic E-state index is 13.0. The largest absolute Gasteiger partial charge is 0.293 e. The van der Waals surface area contributed by atoms with Crippen LogP contribution in [-0.4, -0.2) is 21.1 Å². The van der Waals surface area contributed by atoms with E-state index < -0.39 is 0 Å². The number of nitrogens with zero attached hydrogens (tertiary/aromatic N) is 2. The summed E-state index contributed by atoms with van der Waals surface area (Å²) < 4.78 is 1.60. The number of thiophene rings is 2. The van der Waals surface area contributed by atoms with E-state index in [1.165, 1.54) is 23.1 Å². The van der Waals surface area contributed by atoms with Crippen LogP contribution in [0.3, 0.4) is 0 Å². The standard InChI is InChI=1S/C20H16N2O2S3/c1-12-10-16(13(2)27-12)17(23)11-26-20-21-18-15(8-9-25-18)19(24)22(20)14-6-4-3-5-7-14/h3-10H,11H2,1-2H3. The van der Waals surface area contributed by atoms with Crippen LogP contribution in [0.1, 0.15) is 20.1 Å². The number of hydrogen-bond donors (Lipinski definition) is 0. The first-order valence-electron chi connectivity index (χ1n) is 8.33. The van der Waals surface area contributed by atoms with Crippen LogP contribution in [0, 0.1) is 13.8 Å². The Morgan fingerprint density at radius 1 is 1.19 bits per heavy atom. The van der Waals surface area contributed by atoms with Gasteiger partial charge in [-0.1, -0.05) is 30.0 Å². The number of benzene rings is 1. The molecule has 4 nitrogen and oxygen atoms in total. The van der Waals surface area contributed by atoms with E-state index in [-0.39, 0.29) is 17.1 Å². The van der Waals surface area contributed by atoms with Gasteiger partial charge in [0.05, 0.1) is 16.8 Å². The molecule has 0 unspecified atom stereocenters. The molecule has 3 heterocycles. The summed E-state index contributed by atoms with van der Waals surface area (Å²) in [4.78, 5) is 33.2. The minimum atomic E-state index is -0.107. The molecule has 0 atom stereocenters. The van der Waals surface area contributed by atoms with Crippen LogP contribution in [0.25, 0.3) is 15.9 Å². The second-order valence-electron chi connectivity index (χ2n) is 6.05. The van der Waals surface area contributed by atoms with Gasteiger partial charge in [-0.3, -0.25) is 14.2 Å². The average Bonchev–Trinajstić information content (AvgIpc) is 3.26. The number of Topliss-reactive ketones (excluding diaryl/α,β-unsaturated/α-hetero) is 1. The third-order valence-corrected chi connectivity index (χ3v) is 6.87. The fourth-order valence-corrected chi connectivity index (χ4v) is 5.56. The van der Waals surface area contributed by atoms with Crippen LogP contribution in [0.5, 0.6) is 0 Å². The van der Waals surface area contributed by atoms with Crippen molar-refractivity contribution in [2.45, 2.75) is 19.0 Å². The van der Waals surface area contributed by atoms with Gasteiger partial charge < -0.3 is 0 Å². The number of rotatable bonds is 5. The second-order valence-corrected chi connectivity index (χ2v) is 9.35. The zero-order valence-electron chi connectivity index (χ0n) is 14.8. The molecule has 27 heavy (non-hydrogen) atoms. The first-order valence-corrected chi connectivity index (χ1v) is 11.0. The maximum absolute atomic E-state index is 13.0. The van der Waals surface area contributed by atoms with E-state index >= 15 is 0 Å². The summed E-state index contributed by atoms with van der Waals surface area (Å²) in [6.07, 6.45) is 0. The Morgan fingerprint density at radius 3 is 2.67 bits per heavy atom. The third-order valence-electron chi connectivity index (χ3n) is 4.15. The monoisotopic (exact) mass is 412 g/mol. The molecule has 0 bridgehead atoms. The van der Waals surface area contributed by atoms with Gasteiger partial charge in [-0.15, -0.1) is 22.7 Å². The van der Waals surface area contributed by atoms with Crippen molar-refractivity contribution >= 4 is 50.4 Å². The van der Waals surface area contributed by atoms with Crippen LogP contribution in [-0.2, 0) is 0 Å². The second kappa shape index (κ2) is 7.42. The summed E-state index contributed by atoms with van der Waals surface area (Å²) in [5, 5.41) is 3.01. The van der Waals surface area contributed by atoms with Gasteiger partial charge in [-0.25, -0.2) is 4.98 Å². The Balaban J connectivity index is 1.73. The number of carbonyl (C=O) groups is 1. The average molecular weight is 413 g/mol. The van der Waals surface area contributed by atoms with Gasteiger partial charge in [0.2, 0.25) is 0 Å². The first kappa shape index (κ1) is 18.2. The molecule has 0 amide bonds. The molecule has 7 heteroatoms. The lowest BCUT2D eigenvalue weighted by Crippen LogP contribution is -2.21. The quantitative estimate of drug-likeness (QED) is 0.260. The fraction of sp³-hybridized carbons (Fsp3) is 0.150. The van der Waals surface area contributed by atoms with Crippen molar-refractivity contribution in [1.29, 1.82) is 0 Å². The molecule has 4 rings (SSSR count). The lowest BCUT2D eigenvalue weighted by Gasteiger charge is -2.11.